The van der Waals surface area contributed by atoms with E-state index in [1.165, 1.54) is 19.2 Å². The first-order chi connectivity index (χ1) is 11.8. The van der Waals surface area contributed by atoms with Crippen molar-refractivity contribution in [3.63, 3.8) is 0 Å². The lowest BCUT2D eigenvalue weighted by Gasteiger charge is -2.36. The number of ether oxygens (including phenoxy) is 1. The Bertz CT molecular complexity index is 608. The normalized spacial score (nSPS) is 23.0. The number of amides is 2. The molecule has 1 aromatic rings. The number of rotatable bonds is 5. The lowest BCUT2D eigenvalue weighted by Crippen LogP contribution is -2.52. The zero-order valence-electron chi connectivity index (χ0n) is 14.7. The van der Waals surface area contributed by atoms with Crippen LogP contribution >= 0.6 is 0 Å². The first-order valence-corrected chi connectivity index (χ1v) is 8.38. The molecule has 0 saturated carbocycles. The number of carbonyl (C=O) groups is 2. The summed E-state index contributed by atoms with van der Waals surface area (Å²) >= 11 is 0. The molecule has 0 aromatic heterocycles. The van der Waals surface area contributed by atoms with Gasteiger partial charge < -0.3 is 20.1 Å². The smallest absolute Gasteiger partial charge is 0.317 e. The van der Waals surface area contributed by atoms with Gasteiger partial charge in [-0.1, -0.05) is 19.1 Å². The first kappa shape index (κ1) is 19.2. The molecule has 25 heavy (non-hydrogen) atoms. The quantitative estimate of drug-likeness (QED) is 0.854. The minimum Gasteiger partial charge on any atom is -0.481 e. The fourth-order valence-corrected chi connectivity index (χ4v) is 3.34. The summed E-state index contributed by atoms with van der Waals surface area (Å²) in [6.07, 6.45) is 0.146. The van der Waals surface area contributed by atoms with Crippen molar-refractivity contribution in [3.8, 4) is 0 Å². The Morgan fingerprint density at radius 2 is 1.96 bits per heavy atom. The highest BCUT2D eigenvalue weighted by atomic mass is 19.1. The molecule has 6 nitrogen and oxygen atoms in total. The second-order valence-electron chi connectivity index (χ2n) is 6.73. The minimum atomic E-state index is -0.876. The van der Waals surface area contributed by atoms with E-state index >= 15 is 0 Å². The maximum atomic E-state index is 13.1. The molecular formula is C18H25FN2O4. The predicted molar refractivity (Wildman–Crippen MR) is 90.6 cm³/mol. The van der Waals surface area contributed by atoms with E-state index in [1.54, 1.807) is 24.0 Å². The van der Waals surface area contributed by atoms with Crippen molar-refractivity contribution in [2.24, 2.45) is 11.8 Å². The highest BCUT2D eigenvalue weighted by Gasteiger charge is 2.33. The number of carbonyl (C=O) groups excluding carboxylic acids is 1. The van der Waals surface area contributed by atoms with Crippen LogP contribution in [-0.4, -0.2) is 48.2 Å². The van der Waals surface area contributed by atoms with Crippen molar-refractivity contribution in [3.05, 3.63) is 35.6 Å². The number of halogens is 1. The number of methoxy groups -OCH3 is 1. The molecule has 1 aliphatic heterocycles. The third kappa shape index (κ3) is 4.92. The molecule has 0 bridgehead atoms. The Kier molecular flexibility index (Phi) is 6.36. The van der Waals surface area contributed by atoms with Crippen LogP contribution in [-0.2, 0) is 9.53 Å². The predicted octanol–water partition coefficient (Wildman–Crippen LogP) is 2.65. The van der Waals surface area contributed by atoms with Crippen LogP contribution in [0.15, 0.2) is 24.3 Å². The highest BCUT2D eigenvalue weighted by Crippen LogP contribution is 2.24. The second-order valence-corrected chi connectivity index (χ2v) is 6.73. The lowest BCUT2D eigenvalue weighted by molar-refractivity contribution is -0.143. The van der Waals surface area contributed by atoms with Crippen molar-refractivity contribution >= 4 is 12.0 Å². The maximum Gasteiger partial charge on any atom is 0.317 e. The summed E-state index contributed by atoms with van der Waals surface area (Å²) in [5.74, 6) is -1.62. The monoisotopic (exact) mass is 352 g/mol. The van der Waals surface area contributed by atoms with Crippen LogP contribution < -0.4 is 5.32 Å². The van der Waals surface area contributed by atoms with Crippen LogP contribution in [0.2, 0.25) is 0 Å². The number of likely N-dealkylation sites (tertiary alicyclic amines) is 1. The molecule has 1 aromatic carbocycles. The van der Waals surface area contributed by atoms with Crippen molar-refractivity contribution in [1.29, 1.82) is 0 Å². The van der Waals surface area contributed by atoms with Gasteiger partial charge in [0.25, 0.3) is 0 Å². The van der Waals surface area contributed by atoms with Crippen molar-refractivity contribution < 1.29 is 23.8 Å². The zero-order chi connectivity index (χ0) is 18.6. The van der Waals surface area contributed by atoms with E-state index in [9.17, 15) is 19.1 Å². The molecule has 0 radical (unpaired) electrons. The summed E-state index contributed by atoms with van der Waals surface area (Å²) in [4.78, 5) is 25.3. The van der Waals surface area contributed by atoms with Gasteiger partial charge in [0.15, 0.2) is 0 Å². The van der Waals surface area contributed by atoms with E-state index in [0.29, 0.717) is 13.0 Å². The van der Waals surface area contributed by atoms with Crippen LogP contribution in [0, 0.1) is 17.7 Å². The Morgan fingerprint density at radius 1 is 1.32 bits per heavy atom. The second kappa shape index (κ2) is 8.29. The van der Waals surface area contributed by atoms with Crippen LogP contribution in [0.25, 0.3) is 0 Å². The zero-order valence-corrected chi connectivity index (χ0v) is 14.7. The maximum absolute atomic E-state index is 13.1. The van der Waals surface area contributed by atoms with Crippen LogP contribution in [0.4, 0.5) is 9.18 Å². The number of nitrogens with one attached hydrogen (secondary N) is 1. The van der Waals surface area contributed by atoms with E-state index in [-0.39, 0.29) is 30.4 Å². The summed E-state index contributed by atoms with van der Waals surface area (Å²) in [5, 5.41) is 12.1. The van der Waals surface area contributed by atoms with E-state index < -0.39 is 18.0 Å². The average Bonchev–Trinajstić information content (AvgIpc) is 2.56. The summed E-state index contributed by atoms with van der Waals surface area (Å²) in [7, 11) is 1.53. The summed E-state index contributed by atoms with van der Waals surface area (Å²) < 4.78 is 18.5. The van der Waals surface area contributed by atoms with Crippen molar-refractivity contribution in [2.45, 2.75) is 32.4 Å². The fourth-order valence-electron chi connectivity index (χ4n) is 3.34. The van der Waals surface area contributed by atoms with Gasteiger partial charge in [-0.05, 0) is 37.0 Å². The molecule has 0 aliphatic carbocycles. The van der Waals surface area contributed by atoms with Gasteiger partial charge in [0.05, 0.1) is 12.0 Å². The number of nitrogens with zero attached hydrogens (tertiary/aromatic N) is 1. The van der Waals surface area contributed by atoms with E-state index in [2.05, 4.69) is 5.32 Å². The van der Waals surface area contributed by atoms with Gasteiger partial charge in [-0.3, -0.25) is 4.79 Å². The Balaban J connectivity index is 2.02. The van der Waals surface area contributed by atoms with Crippen molar-refractivity contribution in [1.82, 2.24) is 10.2 Å². The van der Waals surface area contributed by atoms with Gasteiger partial charge in [0, 0.05) is 20.2 Å². The van der Waals surface area contributed by atoms with Gasteiger partial charge in [0.1, 0.15) is 11.9 Å². The van der Waals surface area contributed by atoms with E-state index in [0.717, 1.165) is 5.56 Å². The molecular weight excluding hydrogens is 327 g/mol. The number of carboxylic acid groups (broad SMARTS) is 1. The molecule has 4 atom stereocenters. The first-order valence-electron chi connectivity index (χ1n) is 8.38. The van der Waals surface area contributed by atoms with Crippen LogP contribution in [0.5, 0.6) is 0 Å². The number of piperidine rings is 1. The topological polar surface area (TPSA) is 78.9 Å². The molecule has 1 fully saturated rings. The van der Waals surface area contributed by atoms with Gasteiger partial charge in [-0.2, -0.15) is 0 Å². The van der Waals surface area contributed by atoms with E-state index in [4.69, 9.17) is 4.74 Å². The van der Waals surface area contributed by atoms with E-state index in [1.807, 2.05) is 6.92 Å². The van der Waals surface area contributed by atoms with Crippen LogP contribution in [0.3, 0.4) is 0 Å². The van der Waals surface area contributed by atoms with Crippen LogP contribution in [0.1, 0.15) is 31.9 Å². The molecule has 2 amide bonds. The molecule has 1 saturated heterocycles. The number of carboxylic acids is 1. The molecule has 2 rings (SSSR count). The summed E-state index contributed by atoms with van der Waals surface area (Å²) in [6.45, 7) is 4.47. The van der Waals surface area contributed by atoms with Gasteiger partial charge in [-0.25, -0.2) is 9.18 Å². The summed E-state index contributed by atoms with van der Waals surface area (Å²) in [5.41, 5.74) is 0.757. The molecule has 138 valence electrons. The molecule has 0 spiro atoms. The Labute approximate surface area is 147 Å². The fraction of sp³-hybridized carbons (Fsp3) is 0.556. The third-order valence-electron chi connectivity index (χ3n) is 4.55. The number of urea groups is 1. The van der Waals surface area contributed by atoms with Gasteiger partial charge in [-0.15, -0.1) is 0 Å². The highest BCUT2D eigenvalue weighted by molar-refractivity contribution is 5.77. The lowest BCUT2D eigenvalue weighted by atomic mass is 9.91. The molecule has 7 heteroatoms. The number of benzene rings is 1. The Morgan fingerprint density at radius 3 is 2.52 bits per heavy atom. The summed E-state index contributed by atoms with van der Waals surface area (Å²) in [6, 6.07) is 5.27. The Hall–Kier alpha value is -2.15. The van der Waals surface area contributed by atoms with Gasteiger partial charge >= 0.3 is 12.0 Å². The SMILES string of the molecule is COC(c1ccc(F)cc1)C(C)NC(=O)N1CC(C)CC(C(=O)O)C1. The number of hydrogen-bond donors (Lipinski definition) is 2. The molecule has 2 N–H and O–H groups in total. The number of aliphatic carboxylic acids is 1. The standard InChI is InChI=1S/C18H25FN2O4/c1-11-8-14(17(22)23)10-21(9-11)18(24)20-12(2)16(25-3)13-4-6-15(19)7-5-13/h4-7,11-12,14,16H,8-10H2,1-3H3,(H,20,24)(H,22,23). The van der Waals surface area contributed by atoms with Crippen molar-refractivity contribution in [2.75, 3.05) is 20.2 Å². The average molecular weight is 352 g/mol. The third-order valence-corrected chi connectivity index (χ3v) is 4.55. The minimum absolute atomic E-state index is 0.131. The number of hydrogen-bond acceptors (Lipinski definition) is 3. The molecule has 1 heterocycles. The molecule has 1 aliphatic rings. The van der Waals surface area contributed by atoms with Gasteiger partial charge in [0.2, 0.25) is 0 Å². The largest absolute Gasteiger partial charge is 0.481 e. The molecule has 4 unspecified atom stereocenters.